The molecule has 0 saturated heterocycles. The van der Waals surface area contributed by atoms with E-state index in [1.165, 1.54) is 5.56 Å². The molecule has 0 bridgehead atoms. The third-order valence-corrected chi connectivity index (χ3v) is 4.38. The summed E-state index contributed by atoms with van der Waals surface area (Å²) in [7, 11) is 0. The van der Waals surface area contributed by atoms with Crippen molar-refractivity contribution >= 4 is 11.8 Å². The van der Waals surface area contributed by atoms with Crippen LogP contribution in [-0.2, 0) is 0 Å². The molecule has 0 unspecified atom stereocenters. The van der Waals surface area contributed by atoms with E-state index in [1.54, 1.807) is 11.8 Å². The number of nitrogens with zero attached hydrogens (tertiary/aromatic N) is 2. The number of hydrogen-bond donors (Lipinski definition) is 0. The minimum atomic E-state index is 0.650. The predicted molar refractivity (Wildman–Crippen MR) is 99.6 cm³/mol. The van der Waals surface area contributed by atoms with Gasteiger partial charge in [0.25, 0.3) is 0 Å². The zero-order valence-electron chi connectivity index (χ0n) is 13.9. The third-order valence-electron chi connectivity index (χ3n) is 3.51. The summed E-state index contributed by atoms with van der Waals surface area (Å²) in [6.45, 7) is 4.65. The van der Waals surface area contributed by atoms with Crippen LogP contribution in [-0.4, -0.2) is 22.3 Å². The van der Waals surface area contributed by atoms with Crippen molar-refractivity contribution in [2.45, 2.75) is 18.9 Å². The summed E-state index contributed by atoms with van der Waals surface area (Å²) in [5, 5.41) is 0.980. The van der Waals surface area contributed by atoms with Crippen molar-refractivity contribution in [3.05, 3.63) is 72.1 Å². The summed E-state index contributed by atoms with van der Waals surface area (Å²) in [6.07, 6.45) is 0. The van der Waals surface area contributed by atoms with E-state index in [2.05, 4.69) is 41.2 Å². The Balaban J connectivity index is 1.59. The van der Waals surface area contributed by atoms with Gasteiger partial charge in [-0.1, -0.05) is 48.0 Å². The summed E-state index contributed by atoms with van der Waals surface area (Å²) >= 11 is 1.69. The molecule has 3 aromatic rings. The number of hydrogen-bond acceptors (Lipinski definition) is 4. The van der Waals surface area contributed by atoms with Gasteiger partial charge in [0.1, 0.15) is 16.6 Å². The molecular weight excluding hydrogens is 316 g/mol. The zero-order valence-corrected chi connectivity index (χ0v) is 14.7. The van der Waals surface area contributed by atoms with Crippen LogP contribution in [0.3, 0.4) is 0 Å². The highest BCUT2D eigenvalue weighted by Crippen LogP contribution is 2.23. The number of benzene rings is 2. The van der Waals surface area contributed by atoms with E-state index in [1.807, 2.05) is 43.3 Å². The number of aryl methyl sites for hydroxylation is 2. The van der Waals surface area contributed by atoms with Crippen LogP contribution in [0.2, 0.25) is 0 Å². The fourth-order valence-electron chi connectivity index (χ4n) is 2.31. The molecule has 0 spiro atoms. The lowest BCUT2D eigenvalue weighted by atomic mass is 10.1. The first-order valence-corrected chi connectivity index (χ1v) is 8.93. The second-order valence-electron chi connectivity index (χ2n) is 5.51. The standard InChI is InChI=1S/C20H20N2OS/c1-15-8-10-18(11-9-15)23-12-13-24-20-14-19(21-16(2)22-20)17-6-4-3-5-7-17/h3-11,14H,12-13H2,1-2H3. The molecule has 24 heavy (non-hydrogen) atoms. The topological polar surface area (TPSA) is 35.0 Å². The quantitative estimate of drug-likeness (QED) is 0.363. The summed E-state index contributed by atoms with van der Waals surface area (Å²) < 4.78 is 5.76. The van der Waals surface area contributed by atoms with Gasteiger partial charge in [0.2, 0.25) is 0 Å². The summed E-state index contributed by atoms with van der Waals surface area (Å²) in [4.78, 5) is 9.04. The largest absolute Gasteiger partial charge is 0.493 e. The number of ether oxygens (including phenoxy) is 1. The van der Waals surface area contributed by atoms with Crippen LogP contribution < -0.4 is 4.74 Å². The zero-order chi connectivity index (χ0) is 16.8. The number of rotatable bonds is 6. The second kappa shape index (κ2) is 7.97. The predicted octanol–water partition coefficient (Wildman–Crippen LogP) is 4.93. The highest BCUT2D eigenvalue weighted by Gasteiger charge is 2.05. The Morgan fingerprint density at radius 1 is 0.917 bits per heavy atom. The summed E-state index contributed by atoms with van der Waals surface area (Å²) in [5.41, 5.74) is 3.31. The highest BCUT2D eigenvalue weighted by molar-refractivity contribution is 7.99. The molecule has 0 aliphatic heterocycles. The molecule has 0 N–H and O–H groups in total. The van der Waals surface area contributed by atoms with Crippen molar-refractivity contribution in [3.8, 4) is 17.0 Å². The van der Waals surface area contributed by atoms with Crippen LogP contribution in [0.25, 0.3) is 11.3 Å². The Hall–Kier alpha value is -2.33. The molecule has 2 aromatic carbocycles. The highest BCUT2D eigenvalue weighted by atomic mass is 32.2. The van der Waals surface area contributed by atoms with Crippen molar-refractivity contribution in [3.63, 3.8) is 0 Å². The Bertz CT molecular complexity index is 788. The van der Waals surface area contributed by atoms with E-state index in [9.17, 15) is 0 Å². The lowest BCUT2D eigenvalue weighted by Crippen LogP contribution is -2.01. The van der Waals surface area contributed by atoms with Gasteiger partial charge in [-0.3, -0.25) is 0 Å². The van der Waals surface area contributed by atoms with E-state index in [0.29, 0.717) is 6.61 Å². The van der Waals surface area contributed by atoms with Gasteiger partial charge in [0, 0.05) is 11.3 Å². The fourth-order valence-corrected chi connectivity index (χ4v) is 3.08. The molecule has 122 valence electrons. The molecule has 1 heterocycles. The van der Waals surface area contributed by atoms with Crippen LogP contribution in [0, 0.1) is 13.8 Å². The Labute approximate surface area is 147 Å². The van der Waals surface area contributed by atoms with E-state index >= 15 is 0 Å². The van der Waals surface area contributed by atoms with Crippen molar-refractivity contribution < 1.29 is 4.74 Å². The maximum atomic E-state index is 5.76. The first-order chi connectivity index (χ1) is 11.7. The van der Waals surface area contributed by atoms with Gasteiger partial charge < -0.3 is 4.74 Å². The van der Waals surface area contributed by atoms with Gasteiger partial charge >= 0.3 is 0 Å². The number of thioether (sulfide) groups is 1. The van der Waals surface area contributed by atoms with Crippen LogP contribution in [0.5, 0.6) is 5.75 Å². The third kappa shape index (κ3) is 4.59. The fraction of sp³-hybridized carbons (Fsp3) is 0.200. The van der Waals surface area contributed by atoms with Gasteiger partial charge in [-0.2, -0.15) is 0 Å². The monoisotopic (exact) mass is 336 g/mol. The first-order valence-electron chi connectivity index (χ1n) is 7.94. The molecule has 1 aromatic heterocycles. The van der Waals surface area contributed by atoms with Crippen LogP contribution in [0.4, 0.5) is 0 Å². The number of aromatic nitrogens is 2. The molecule has 0 atom stereocenters. The maximum absolute atomic E-state index is 5.76. The lowest BCUT2D eigenvalue weighted by Gasteiger charge is -2.08. The molecule has 0 aliphatic rings. The normalized spacial score (nSPS) is 10.6. The molecule has 0 fully saturated rings. The van der Waals surface area contributed by atoms with Crippen molar-refractivity contribution in [2.75, 3.05) is 12.4 Å². The van der Waals surface area contributed by atoms with Crippen LogP contribution in [0.1, 0.15) is 11.4 Å². The molecule has 4 heteroatoms. The van der Waals surface area contributed by atoms with Crippen molar-refractivity contribution in [1.82, 2.24) is 9.97 Å². The van der Waals surface area contributed by atoms with Crippen molar-refractivity contribution in [1.29, 1.82) is 0 Å². The van der Waals surface area contributed by atoms with E-state index in [-0.39, 0.29) is 0 Å². The molecule has 3 rings (SSSR count). The molecule has 3 nitrogen and oxygen atoms in total. The SMILES string of the molecule is Cc1ccc(OCCSc2cc(-c3ccccc3)nc(C)n2)cc1. The Morgan fingerprint density at radius 2 is 1.67 bits per heavy atom. The van der Waals surface area contributed by atoms with E-state index in [4.69, 9.17) is 4.74 Å². The Morgan fingerprint density at radius 3 is 2.42 bits per heavy atom. The average Bonchev–Trinajstić information content (AvgIpc) is 2.61. The lowest BCUT2D eigenvalue weighted by molar-refractivity contribution is 0.344. The minimum Gasteiger partial charge on any atom is -0.493 e. The molecule has 0 radical (unpaired) electrons. The molecule has 0 amide bonds. The Kier molecular flexibility index (Phi) is 5.49. The van der Waals surface area contributed by atoms with Gasteiger partial charge in [-0.05, 0) is 32.0 Å². The van der Waals surface area contributed by atoms with Gasteiger partial charge in [-0.25, -0.2) is 9.97 Å². The molecule has 0 saturated carbocycles. The summed E-state index contributed by atoms with van der Waals surface area (Å²) in [5.74, 6) is 2.54. The van der Waals surface area contributed by atoms with Gasteiger partial charge in [0.05, 0.1) is 12.3 Å². The molecular formula is C20H20N2OS. The minimum absolute atomic E-state index is 0.650. The van der Waals surface area contributed by atoms with Crippen LogP contribution >= 0.6 is 11.8 Å². The first kappa shape index (κ1) is 16.5. The van der Waals surface area contributed by atoms with Crippen LogP contribution in [0.15, 0.2) is 65.7 Å². The van der Waals surface area contributed by atoms with Gasteiger partial charge in [0.15, 0.2) is 0 Å². The average molecular weight is 336 g/mol. The van der Waals surface area contributed by atoms with Gasteiger partial charge in [-0.15, -0.1) is 11.8 Å². The second-order valence-corrected chi connectivity index (χ2v) is 6.63. The smallest absolute Gasteiger partial charge is 0.127 e. The summed E-state index contributed by atoms with van der Waals surface area (Å²) in [6, 6.07) is 20.3. The van der Waals surface area contributed by atoms with Crippen molar-refractivity contribution in [2.24, 2.45) is 0 Å². The maximum Gasteiger partial charge on any atom is 0.127 e. The van der Waals surface area contributed by atoms with E-state index < -0.39 is 0 Å². The van der Waals surface area contributed by atoms with E-state index in [0.717, 1.165) is 33.6 Å². The molecule has 0 aliphatic carbocycles.